The van der Waals surface area contributed by atoms with E-state index in [-0.39, 0.29) is 0 Å². The van der Waals surface area contributed by atoms with E-state index in [4.69, 9.17) is 21.2 Å². The summed E-state index contributed by atoms with van der Waals surface area (Å²) in [5.74, 6) is 1.30. The zero-order valence-electron chi connectivity index (χ0n) is 13.1. The monoisotopic (exact) mass is 341 g/mol. The van der Waals surface area contributed by atoms with Gasteiger partial charge in [-0.25, -0.2) is 4.98 Å². The molecule has 0 saturated heterocycles. The molecular weight excluding hydrogens is 326 g/mol. The van der Waals surface area contributed by atoms with E-state index in [1.54, 1.807) is 23.3 Å². The zero-order valence-corrected chi connectivity index (χ0v) is 13.8. The zero-order chi connectivity index (χ0) is 16.8. The largest absolute Gasteiger partial charge is 0.488 e. The summed E-state index contributed by atoms with van der Waals surface area (Å²) in [5.41, 5.74) is 1.84. The lowest BCUT2D eigenvalue weighted by atomic mass is 10.1. The van der Waals surface area contributed by atoms with Gasteiger partial charge in [-0.15, -0.1) is 0 Å². The molecule has 3 aromatic rings. The molecule has 0 atom stereocenters. The number of hydrogen-bond donors (Lipinski definition) is 0. The highest BCUT2D eigenvalue weighted by Crippen LogP contribution is 2.21. The lowest BCUT2D eigenvalue weighted by molar-refractivity contribution is 0.212. The lowest BCUT2D eigenvalue weighted by Crippen LogP contribution is -2.14. The van der Waals surface area contributed by atoms with Crippen LogP contribution in [-0.2, 0) is 11.4 Å². The molecule has 0 spiro atoms. The second kappa shape index (κ2) is 7.66. The molecule has 24 heavy (non-hydrogen) atoms. The van der Waals surface area contributed by atoms with Crippen LogP contribution in [0.3, 0.4) is 0 Å². The molecule has 0 aliphatic heterocycles. The van der Waals surface area contributed by atoms with Crippen LogP contribution in [0.25, 0.3) is 0 Å². The van der Waals surface area contributed by atoms with Crippen LogP contribution >= 0.6 is 11.6 Å². The number of oxime groups is 1. The first-order valence-electron chi connectivity index (χ1n) is 7.34. The van der Waals surface area contributed by atoms with Gasteiger partial charge in [0.25, 0.3) is 0 Å². The van der Waals surface area contributed by atoms with Crippen LogP contribution in [0.4, 0.5) is 0 Å². The maximum Gasteiger partial charge on any atom is 0.188 e. The highest BCUT2D eigenvalue weighted by Gasteiger charge is 2.13. The molecule has 0 aliphatic carbocycles. The van der Waals surface area contributed by atoms with Crippen LogP contribution in [-0.4, -0.2) is 22.5 Å². The molecule has 2 aromatic carbocycles. The highest BCUT2D eigenvalue weighted by molar-refractivity contribution is 6.30. The second-order valence-electron chi connectivity index (χ2n) is 4.98. The van der Waals surface area contributed by atoms with Gasteiger partial charge in [-0.3, -0.25) is 4.57 Å². The molecule has 0 aliphatic rings. The number of hydrogen-bond acceptors (Lipinski definition) is 4. The van der Waals surface area contributed by atoms with Gasteiger partial charge >= 0.3 is 0 Å². The van der Waals surface area contributed by atoms with Crippen molar-refractivity contribution in [2.45, 2.75) is 6.61 Å². The van der Waals surface area contributed by atoms with Crippen molar-refractivity contribution >= 4 is 17.4 Å². The van der Waals surface area contributed by atoms with Gasteiger partial charge in [-0.1, -0.05) is 41.0 Å². The van der Waals surface area contributed by atoms with Crippen molar-refractivity contribution in [2.75, 3.05) is 7.11 Å². The van der Waals surface area contributed by atoms with E-state index in [1.807, 2.05) is 48.5 Å². The fourth-order valence-corrected chi connectivity index (χ4v) is 2.35. The van der Waals surface area contributed by atoms with Gasteiger partial charge in [-0.05, 0) is 29.8 Å². The van der Waals surface area contributed by atoms with E-state index < -0.39 is 0 Å². The summed E-state index contributed by atoms with van der Waals surface area (Å²) in [5, 5.41) is 4.81. The molecular formula is C18H16ClN3O2. The second-order valence-corrected chi connectivity index (χ2v) is 5.42. The van der Waals surface area contributed by atoms with E-state index in [2.05, 4.69) is 10.1 Å². The average molecular weight is 342 g/mol. The predicted octanol–water partition coefficient (Wildman–Crippen LogP) is 3.97. The number of imidazole rings is 1. The molecule has 0 bridgehead atoms. The summed E-state index contributed by atoms with van der Waals surface area (Å²) < 4.78 is 7.75. The normalized spacial score (nSPS) is 11.3. The van der Waals surface area contributed by atoms with Crippen LogP contribution < -0.4 is 4.74 Å². The van der Waals surface area contributed by atoms with Crippen molar-refractivity contribution in [3.05, 3.63) is 83.4 Å². The Bertz CT molecular complexity index is 815. The van der Waals surface area contributed by atoms with Gasteiger partial charge in [-0.2, -0.15) is 0 Å². The third-order valence-corrected chi connectivity index (χ3v) is 3.61. The number of halogens is 1. The van der Waals surface area contributed by atoms with Crippen molar-refractivity contribution in [1.82, 2.24) is 9.55 Å². The quantitative estimate of drug-likeness (QED) is 0.401. The summed E-state index contributed by atoms with van der Waals surface area (Å²) in [6, 6.07) is 15.2. The minimum absolute atomic E-state index is 0.429. The molecule has 0 unspecified atom stereocenters. The standard InChI is InChI=1S/C18H16ClN3O2/c1-23-21-18(22-11-10-20-13-22)16-4-2-3-5-17(16)24-12-14-6-8-15(19)9-7-14/h2-11,13H,12H2,1H3/b21-18-. The number of para-hydroxylation sites is 1. The molecule has 1 aromatic heterocycles. The number of rotatable bonds is 5. The molecule has 6 heteroatoms. The van der Waals surface area contributed by atoms with Gasteiger partial charge in [0.15, 0.2) is 5.84 Å². The maximum atomic E-state index is 5.98. The van der Waals surface area contributed by atoms with Crippen molar-refractivity contribution in [3.63, 3.8) is 0 Å². The van der Waals surface area contributed by atoms with Crippen molar-refractivity contribution in [2.24, 2.45) is 5.16 Å². The molecule has 5 nitrogen and oxygen atoms in total. The Hall–Kier alpha value is -2.79. The van der Waals surface area contributed by atoms with Crippen molar-refractivity contribution in [1.29, 1.82) is 0 Å². The predicted molar refractivity (Wildman–Crippen MR) is 93.4 cm³/mol. The van der Waals surface area contributed by atoms with Crippen LogP contribution in [0.1, 0.15) is 11.1 Å². The minimum Gasteiger partial charge on any atom is -0.488 e. The smallest absolute Gasteiger partial charge is 0.188 e. The minimum atomic E-state index is 0.429. The Morgan fingerprint density at radius 1 is 1.17 bits per heavy atom. The molecule has 0 radical (unpaired) electrons. The van der Waals surface area contributed by atoms with Crippen LogP contribution in [0.2, 0.25) is 5.02 Å². The van der Waals surface area contributed by atoms with E-state index in [9.17, 15) is 0 Å². The molecule has 122 valence electrons. The Balaban J connectivity index is 1.87. The molecule has 0 N–H and O–H groups in total. The maximum absolute atomic E-state index is 5.98. The first-order chi connectivity index (χ1) is 11.8. The van der Waals surface area contributed by atoms with Crippen molar-refractivity contribution < 1.29 is 9.57 Å². The Morgan fingerprint density at radius 2 is 1.96 bits per heavy atom. The van der Waals surface area contributed by atoms with Gasteiger partial charge in [0.05, 0.1) is 5.56 Å². The van der Waals surface area contributed by atoms with E-state index >= 15 is 0 Å². The lowest BCUT2D eigenvalue weighted by Gasteiger charge is -2.13. The molecule has 0 amide bonds. The third kappa shape index (κ3) is 3.75. The summed E-state index contributed by atoms with van der Waals surface area (Å²) in [4.78, 5) is 9.04. The fourth-order valence-electron chi connectivity index (χ4n) is 2.23. The summed E-state index contributed by atoms with van der Waals surface area (Å²) >= 11 is 5.91. The summed E-state index contributed by atoms with van der Waals surface area (Å²) in [7, 11) is 1.51. The van der Waals surface area contributed by atoms with Gasteiger partial charge in [0.2, 0.25) is 0 Å². The highest BCUT2D eigenvalue weighted by atomic mass is 35.5. The first-order valence-corrected chi connectivity index (χ1v) is 7.72. The molecule has 1 heterocycles. The number of aromatic nitrogens is 2. The summed E-state index contributed by atoms with van der Waals surface area (Å²) in [6.07, 6.45) is 5.14. The van der Waals surface area contributed by atoms with Crippen molar-refractivity contribution in [3.8, 4) is 5.75 Å². The SMILES string of the molecule is CO/N=C(/c1ccccc1OCc1ccc(Cl)cc1)n1ccnc1. The topological polar surface area (TPSA) is 48.6 Å². The van der Waals surface area contributed by atoms with Gasteiger partial charge < -0.3 is 9.57 Å². The third-order valence-electron chi connectivity index (χ3n) is 3.36. The summed E-state index contributed by atoms with van der Waals surface area (Å²) in [6.45, 7) is 0.429. The Morgan fingerprint density at radius 3 is 2.67 bits per heavy atom. The molecule has 0 fully saturated rings. The number of nitrogens with zero attached hydrogens (tertiary/aromatic N) is 3. The average Bonchev–Trinajstić information content (AvgIpc) is 3.14. The van der Waals surface area contributed by atoms with Gasteiger partial charge in [0, 0.05) is 17.4 Å². The van der Waals surface area contributed by atoms with Crippen LogP contribution in [0.5, 0.6) is 5.75 Å². The van der Waals surface area contributed by atoms with Crippen LogP contribution in [0, 0.1) is 0 Å². The van der Waals surface area contributed by atoms with E-state index in [0.717, 1.165) is 11.1 Å². The fraction of sp³-hybridized carbons (Fsp3) is 0.111. The van der Waals surface area contributed by atoms with E-state index in [1.165, 1.54) is 7.11 Å². The van der Waals surface area contributed by atoms with E-state index in [0.29, 0.717) is 23.2 Å². The Kier molecular flexibility index (Phi) is 5.13. The van der Waals surface area contributed by atoms with Gasteiger partial charge in [0.1, 0.15) is 25.8 Å². The number of ether oxygens (including phenoxy) is 1. The van der Waals surface area contributed by atoms with Crippen LogP contribution in [0.15, 0.2) is 72.4 Å². The molecule has 3 rings (SSSR count). The molecule has 0 saturated carbocycles. The Labute approximate surface area is 145 Å². The number of benzene rings is 2. The first kappa shape index (κ1) is 16.1.